The molecular formula is C7H8BFO2. The molecular weight excluding hydrogens is 146 g/mol. The van der Waals surface area contributed by atoms with Gasteiger partial charge in [-0.25, -0.2) is 4.39 Å². The highest BCUT2D eigenvalue weighted by atomic mass is 19.1. The summed E-state index contributed by atoms with van der Waals surface area (Å²) in [6.07, 6.45) is 0. The van der Waals surface area contributed by atoms with Crippen molar-refractivity contribution in [1.29, 1.82) is 0 Å². The number of rotatable bonds is 1. The van der Waals surface area contributed by atoms with Crippen molar-refractivity contribution in [3.8, 4) is 5.75 Å². The lowest BCUT2D eigenvalue weighted by molar-refractivity contribution is 0.432. The Morgan fingerprint density at radius 2 is 2.09 bits per heavy atom. The van der Waals surface area contributed by atoms with Crippen LogP contribution in [0.25, 0.3) is 0 Å². The lowest BCUT2D eigenvalue weighted by Gasteiger charge is -2.00. The molecule has 0 aliphatic rings. The molecule has 0 unspecified atom stereocenters. The van der Waals surface area contributed by atoms with Crippen LogP contribution < -0.4 is 5.46 Å². The predicted molar refractivity (Wildman–Crippen MR) is 41.5 cm³/mol. The zero-order valence-corrected chi connectivity index (χ0v) is 6.08. The third-order valence-corrected chi connectivity index (χ3v) is 1.45. The number of aromatic hydroxyl groups is 1. The van der Waals surface area contributed by atoms with Gasteiger partial charge in [0.2, 0.25) is 0 Å². The lowest BCUT2D eigenvalue weighted by Crippen LogP contribution is -2.26. The van der Waals surface area contributed by atoms with Crippen LogP contribution in [-0.2, 0) is 0 Å². The highest BCUT2D eigenvalue weighted by molar-refractivity contribution is 6.64. The van der Waals surface area contributed by atoms with Gasteiger partial charge in [-0.05, 0) is 17.6 Å². The quantitative estimate of drug-likeness (QED) is 0.573. The van der Waals surface area contributed by atoms with E-state index in [-0.39, 0.29) is 0 Å². The summed E-state index contributed by atoms with van der Waals surface area (Å²) >= 11 is 0. The van der Waals surface area contributed by atoms with Gasteiger partial charge in [-0.1, -0.05) is 12.9 Å². The van der Waals surface area contributed by atoms with Gasteiger partial charge in [0.25, 0.3) is 0 Å². The van der Waals surface area contributed by atoms with E-state index in [0.717, 1.165) is 6.07 Å². The molecule has 0 amide bonds. The molecule has 0 radical (unpaired) electrons. The largest absolute Gasteiger partial charge is 0.505 e. The Morgan fingerprint density at radius 3 is 2.55 bits per heavy atom. The maximum atomic E-state index is 12.6. The summed E-state index contributed by atoms with van der Waals surface area (Å²) in [4.78, 5) is 0. The van der Waals surface area contributed by atoms with Crippen LogP contribution in [0.2, 0.25) is 6.82 Å². The second kappa shape index (κ2) is 2.92. The fraction of sp³-hybridized carbons (Fsp3) is 0.143. The first-order valence-corrected chi connectivity index (χ1v) is 3.27. The van der Waals surface area contributed by atoms with E-state index in [4.69, 9.17) is 10.1 Å². The molecule has 2 nitrogen and oxygen atoms in total. The molecule has 11 heavy (non-hydrogen) atoms. The minimum Gasteiger partial charge on any atom is -0.505 e. The SMILES string of the molecule is CB(O)c1ccc(O)c(F)c1. The van der Waals surface area contributed by atoms with E-state index in [1.807, 2.05) is 0 Å². The van der Waals surface area contributed by atoms with Gasteiger partial charge in [-0.15, -0.1) is 0 Å². The zero-order valence-electron chi connectivity index (χ0n) is 6.08. The molecule has 58 valence electrons. The predicted octanol–water partition coefficient (Wildman–Crippen LogP) is 0.352. The van der Waals surface area contributed by atoms with E-state index >= 15 is 0 Å². The van der Waals surface area contributed by atoms with Crippen LogP contribution in [0.1, 0.15) is 0 Å². The highest BCUT2D eigenvalue weighted by Crippen LogP contribution is 2.11. The molecule has 0 aliphatic heterocycles. The third-order valence-electron chi connectivity index (χ3n) is 1.45. The van der Waals surface area contributed by atoms with Crippen LogP contribution in [0.3, 0.4) is 0 Å². The van der Waals surface area contributed by atoms with E-state index in [9.17, 15) is 4.39 Å². The summed E-state index contributed by atoms with van der Waals surface area (Å²) in [5.74, 6) is -1.10. The minimum atomic E-state index is -0.705. The number of benzene rings is 1. The summed E-state index contributed by atoms with van der Waals surface area (Å²) in [7, 11) is 0. The van der Waals surface area contributed by atoms with Crippen molar-refractivity contribution < 1.29 is 14.5 Å². The molecule has 0 fully saturated rings. The number of phenolic OH excluding ortho intramolecular Hbond substituents is 1. The van der Waals surface area contributed by atoms with Gasteiger partial charge in [0.05, 0.1) is 0 Å². The first kappa shape index (κ1) is 8.08. The topological polar surface area (TPSA) is 40.5 Å². The second-order valence-electron chi connectivity index (χ2n) is 2.39. The van der Waals surface area contributed by atoms with Crippen molar-refractivity contribution in [3.63, 3.8) is 0 Å². The zero-order chi connectivity index (χ0) is 8.43. The monoisotopic (exact) mass is 154 g/mol. The first-order chi connectivity index (χ1) is 5.11. The van der Waals surface area contributed by atoms with Gasteiger partial charge in [-0.2, -0.15) is 0 Å². The van der Waals surface area contributed by atoms with Crippen molar-refractivity contribution >= 4 is 12.4 Å². The van der Waals surface area contributed by atoms with Gasteiger partial charge in [0.15, 0.2) is 11.6 Å². The molecule has 0 aromatic heterocycles. The Kier molecular flexibility index (Phi) is 2.15. The molecule has 4 heteroatoms. The van der Waals surface area contributed by atoms with E-state index in [2.05, 4.69) is 0 Å². The van der Waals surface area contributed by atoms with E-state index in [1.54, 1.807) is 0 Å². The molecule has 0 atom stereocenters. The average Bonchev–Trinajstić information content (AvgIpc) is 1.94. The fourth-order valence-electron chi connectivity index (χ4n) is 0.783. The summed E-state index contributed by atoms with van der Waals surface area (Å²) in [5, 5.41) is 17.8. The molecule has 0 bridgehead atoms. The molecule has 0 aliphatic carbocycles. The molecule has 0 saturated heterocycles. The number of hydrogen-bond donors (Lipinski definition) is 2. The van der Waals surface area contributed by atoms with Crippen LogP contribution in [-0.4, -0.2) is 17.0 Å². The van der Waals surface area contributed by atoms with Crippen LogP contribution in [0.4, 0.5) is 4.39 Å². The van der Waals surface area contributed by atoms with E-state index in [1.165, 1.54) is 19.0 Å². The Balaban J connectivity index is 3.05. The maximum Gasteiger partial charge on any atom is 0.320 e. The fourth-order valence-corrected chi connectivity index (χ4v) is 0.783. The molecule has 1 rings (SSSR count). The average molecular weight is 154 g/mol. The molecule has 0 spiro atoms. The normalized spacial score (nSPS) is 9.73. The van der Waals surface area contributed by atoms with E-state index in [0.29, 0.717) is 5.46 Å². The van der Waals surface area contributed by atoms with Crippen molar-refractivity contribution in [1.82, 2.24) is 0 Å². The molecule has 1 aromatic rings. The van der Waals surface area contributed by atoms with Crippen molar-refractivity contribution in [2.75, 3.05) is 0 Å². The summed E-state index contributed by atoms with van der Waals surface area (Å²) in [6, 6.07) is 3.81. The third kappa shape index (κ3) is 1.71. The second-order valence-corrected chi connectivity index (χ2v) is 2.39. The van der Waals surface area contributed by atoms with Crippen molar-refractivity contribution in [2.24, 2.45) is 0 Å². The van der Waals surface area contributed by atoms with Crippen LogP contribution in [0, 0.1) is 5.82 Å². The van der Waals surface area contributed by atoms with Gasteiger partial charge in [-0.3, -0.25) is 0 Å². The standard InChI is InChI=1S/C7H8BFO2/c1-8(11)5-2-3-7(10)6(9)4-5/h2-4,10-11H,1H3. The van der Waals surface area contributed by atoms with Crippen LogP contribution in [0.5, 0.6) is 5.75 Å². The Morgan fingerprint density at radius 1 is 1.45 bits per heavy atom. The van der Waals surface area contributed by atoms with Crippen LogP contribution >= 0.6 is 0 Å². The van der Waals surface area contributed by atoms with E-state index < -0.39 is 18.5 Å². The smallest absolute Gasteiger partial charge is 0.320 e. The Bertz CT molecular complexity index is 263. The van der Waals surface area contributed by atoms with Gasteiger partial charge >= 0.3 is 6.92 Å². The van der Waals surface area contributed by atoms with Gasteiger partial charge in [0, 0.05) is 0 Å². The van der Waals surface area contributed by atoms with Crippen molar-refractivity contribution in [3.05, 3.63) is 24.0 Å². The number of hydrogen-bond acceptors (Lipinski definition) is 2. The van der Waals surface area contributed by atoms with Crippen molar-refractivity contribution in [2.45, 2.75) is 6.82 Å². The molecule has 2 N–H and O–H groups in total. The lowest BCUT2D eigenvalue weighted by atomic mass is 9.64. The van der Waals surface area contributed by atoms with Gasteiger partial charge < -0.3 is 10.1 Å². The number of halogens is 1. The summed E-state index contributed by atoms with van der Waals surface area (Å²) in [6.45, 7) is 0.830. The molecule has 1 aromatic carbocycles. The summed E-state index contributed by atoms with van der Waals surface area (Å²) < 4.78 is 12.6. The Labute approximate surface area is 64.4 Å². The Hall–Kier alpha value is -1.03. The summed E-state index contributed by atoms with van der Waals surface area (Å²) in [5.41, 5.74) is 0.459. The number of phenols is 1. The molecule has 0 heterocycles. The van der Waals surface area contributed by atoms with Crippen LogP contribution in [0.15, 0.2) is 18.2 Å². The first-order valence-electron chi connectivity index (χ1n) is 3.27. The highest BCUT2D eigenvalue weighted by Gasteiger charge is 2.08. The minimum absolute atomic E-state index is 0.394. The maximum absolute atomic E-state index is 12.6. The van der Waals surface area contributed by atoms with Gasteiger partial charge in [0.1, 0.15) is 0 Å². The molecule has 0 saturated carbocycles.